The summed E-state index contributed by atoms with van der Waals surface area (Å²) in [7, 11) is 0. The van der Waals surface area contributed by atoms with E-state index in [-0.39, 0.29) is 0 Å². The predicted molar refractivity (Wildman–Crippen MR) is 115 cm³/mol. The van der Waals surface area contributed by atoms with Crippen molar-refractivity contribution in [2.75, 3.05) is 0 Å². The molecule has 0 rings (SSSR count). The minimum atomic E-state index is -3.08. The van der Waals surface area contributed by atoms with Crippen LogP contribution in [0.2, 0.25) is 0 Å². The standard InChI is InChI=1S/C8HCl15O2/c9-2(10,1(24)25)3(11,12)4(13,14)5(15,16)6(17,18)7(19,20)8(21,22)23/h(H,24,25). The molecule has 0 amide bonds. The van der Waals surface area contributed by atoms with E-state index >= 15 is 0 Å². The summed E-state index contributed by atoms with van der Waals surface area (Å²) >= 11 is 87.4. The van der Waals surface area contributed by atoms with Crippen molar-refractivity contribution in [3.05, 3.63) is 0 Å². The molecule has 0 spiro atoms. The Kier molecular flexibility index (Phi) is 9.68. The van der Waals surface area contributed by atoms with E-state index in [2.05, 4.69) is 0 Å². The van der Waals surface area contributed by atoms with Gasteiger partial charge in [-0.25, -0.2) is 4.79 Å². The van der Waals surface area contributed by atoms with Gasteiger partial charge in [-0.15, -0.1) is 0 Å². The zero-order valence-electron chi connectivity index (χ0n) is 10.5. The first-order valence-corrected chi connectivity index (χ1v) is 10.7. The summed E-state index contributed by atoms with van der Waals surface area (Å²) < 4.78 is -20.7. The molecular weight excluding hydrogens is 660 g/mol. The van der Waals surface area contributed by atoms with Crippen molar-refractivity contribution in [1.82, 2.24) is 0 Å². The van der Waals surface area contributed by atoms with E-state index in [1.165, 1.54) is 0 Å². The fourth-order valence-electron chi connectivity index (χ4n) is 1.10. The lowest BCUT2D eigenvalue weighted by Crippen LogP contribution is -2.69. The molecule has 0 aliphatic rings. The van der Waals surface area contributed by atoms with Gasteiger partial charge in [0.1, 0.15) is 0 Å². The number of carboxylic acids is 1. The lowest BCUT2D eigenvalue weighted by molar-refractivity contribution is -0.138. The van der Waals surface area contributed by atoms with Crippen LogP contribution < -0.4 is 0 Å². The predicted octanol–water partition coefficient (Wildman–Crippen LogP) is 8.48. The van der Waals surface area contributed by atoms with Crippen molar-refractivity contribution in [3.63, 3.8) is 0 Å². The molecule has 1 N–H and O–H groups in total. The molecule has 2 nitrogen and oxygen atoms in total. The van der Waals surface area contributed by atoms with Gasteiger partial charge in [0.05, 0.1) is 0 Å². The average Bonchev–Trinajstić information content (AvgIpc) is 2.35. The summed E-state index contributed by atoms with van der Waals surface area (Å²) in [6.45, 7) is 0. The molecule has 0 heterocycles. The quantitative estimate of drug-likeness (QED) is 0.290. The van der Waals surface area contributed by atoms with E-state index in [1.54, 1.807) is 0 Å². The molecule has 17 heteroatoms. The summed E-state index contributed by atoms with van der Waals surface area (Å²) in [5.41, 5.74) is 0. The number of alkyl halides is 15. The van der Waals surface area contributed by atoms with Gasteiger partial charge in [0.2, 0.25) is 12.5 Å². The number of carbonyl (C=O) groups is 1. The molecule has 0 saturated heterocycles. The molecular formula is C8HCl15O2. The number of hydrogen-bond donors (Lipinski definition) is 1. The number of aliphatic carboxylic acids is 1. The third-order valence-electron chi connectivity index (χ3n) is 2.60. The zero-order valence-corrected chi connectivity index (χ0v) is 21.9. The Balaban J connectivity index is 6.55. The number of carboxylic acid groups (broad SMARTS) is 1. The fraction of sp³-hybridized carbons (Fsp3) is 0.875. The number of hydrogen-bond acceptors (Lipinski definition) is 1. The van der Waals surface area contributed by atoms with Crippen LogP contribution in [0.15, 0.2) is 0 Å². The van der Waals surface area contributed by atoms with Crippen molar-refractivity contribution in [3.8, 4) is 0 Å². The van der Waals surface area contributed by atoms with E-state index in [1.807, 2.05) is 0 Å². The van der Waals surface area contributed by atoms with Crippen LogP contribution in [0.4, 0.5) is 0 Å². The topological polar surface area (TPSA) is 37.3 Å². The van der Waals surface area contributed by atoms with Gasteiger partial charge in [-0.05, 0) is 0 Å². The highest BCUT2D eigenvalue weighted by molar-refractivity contribution is 6.83. The van der Waals surface area contributed by atoms with Gasteiger partial charge >= 0.3 is 5.97 Å². The number of rotatable bonds is 6. The summed E-state index contributed by atoms with van der Waals surface area (Å²) in [6.07, 6.45) is 0. The van der Waals surface area contributed by atoms with Crippen LogP contribution in [0.25, 0.3) is 0 Å². The lowest BCUT2D eigenvalue weighted by atomic mass is 10.0. The van der Waals surface area contributed by atoms with E-state index in [4.69, 9.17) is 179 Å². The van der Waals surface area contributed by atoms with E-state index in [9.17, 15) is 4.79 Å². The van der Waals surface area contributed by atoms with E-state index in [0.717, 1.165) is 0 Å². The second-order valence-electron chi connectivity index (χ2n) is 4.25. The Morgan fingerprint density at radius 2 is 0.720 bits per heavy atom. The average molecular weight is 661 g/mol. The van der Waals surface area contributed by atoms with Gasteiger partial charge in [0, 0.05) is 0 Å². The Morgan fingerprint density at radius 1 is 0.480 bits per heavy atom. The molecule has 0 saturated carbocycles. The number of halogens is 15. The van der Waals surface area contributed by atoms with Gasteiger partial charge < -0.3 is 5.11 Å². The summed E-state index contributed by atoms with van der Waals surface area (Å²) in [5.74, 6) is -1.98. The normalized spacial score (nSPS) is 16.1. The zero-order chi connectivity index (χ0) is 21.1. The largest absolute Gasteiger partial charge is 0.479 e. The highest BCUT2D eigenvalue weighted by Gasteiger charge is 2.80. The maximum absolute atomic E-state index is 11.2. The maximum atomic E-state index is 11.2. The molecule has 0 unspecified atom stereocenters. The minimum absolute atomic E-state index is 1.98. The second kappa shape index (κ2) is 8.40. The Bertz CT molecular complexity index is 530. The summed E-state index contributed by atoms with van der Waals surface area (Å²) in [5, 5.41) is 9.08. The molecule has 150 valence electrons. The van der Waals surface area contributed by atoms with Gasteiger partial charge in [-0.2, -0.15) is 0 Å². The van der Waals surface area contributed by atoms with Crippen LogP contribution in [-0.4, -0.2) is 40.9 Å². The molecule has 0 aliphatic heterocycles. The van der Waals surface area contributed by atoms with Crippen LogP contribution >= 0.6 is 174 Å². The van der Waals surface area contributed by atoms with Crippen LogP contribution in [0.5, 0.6) is 0 Å². The van der Waals surface area contributed by atoms with E-state index < -0.39 is 35.8 Å². The molecule has 25 heavy (non-hydrogen) atoms. The lowest BCUT2D eigenvalue weighted by Gasteiger charge is -2.52. The van der Waals surface area contributed by atoms with Gasteiger partial charge in [-0.1, -0.05) is 174 Å². The highest BCUT2D eigenvalue weighted by Crippen LogP contribution is 2.70. The Labute approximate surface area is 217 Å². The van der Waals surface area contributed by atoms with Crippen LogP contribution in [0, 0.1) is 0 Å². The third-order valence-corrected chi connectivity index (χ3v) is 12.5. The molecule has 0 aromatic rings. The molecule has 0 aliphatic carbocycles. The van der Waals surface area contributed by atoms with Crippen LogP contribution in [0.3, 0.4) is 0 Å². The first kappa shape index (κ1) is 28.8. The SMILES string of the molecule is O=C(O)C(Cl)(Cl)C(Cl)(Cl)C(Cl)(Cl)C(Cl)(Cl)C(Cl)(Cl)C(Cl)(Cl)C(Cl)(Cl)Cl. The Hall–Kier alpha value is 3.82. The van der Waals surface area contributed by atoms with Gasteiger partial charge in [-0.3, -0.25) is 0 Å². The molecule has 0 aromatic heterocycles. The molecule has 0 radical (unpaired) electrons. The van der Waals surface area contributed by atoms with Gasteiger partial charge in [0.15, 0.2) is 17.3 Å². The molecule has 0 aromatic carbocycles. The first-order valence-electron chi connectivity index (χ1n) is 5.01. The third kappa shape index (κ3) is 4.55. The van der Waals surface area contributed by atoms with Crippen molar-refractivity contribution >= 4 is 180 Å². The van der Waals surface area contributed by atoms with Crippen molar-refractivity contribution in [2.45, 2.75) is 29.8 Å². The summed E-state index contributed by atoms with van der Waals surface area (Å²) in [4.78, 5) is 11.2. The monoisotopic (exact) mass is 654 g/mol. The minimum Gasteiger partial charge on any atom is -0.479 e. The second-order valence-corrected chi connectivity index (χ2v) is 14.5. The van der Waals surface area contributed by atoms with Crippen molar-refractivity contribution < 1.29 is 9.90 Å². The summed E-state index contributed by atoms with van der Waals surface area (Å²) in [6, 6.07) is 0. The van der Waals surface area contributed by atoms with E-state index in [0.29, 0.717) is 0 Å². The molecule has 0 bridgehead atoms. The highest BCUT2D eigenvalue weighted by atomic mass is 35.6. The molecule has 0 fully saturated rings. The van der Waals surface area contributed by atoms with Crippen molar-refractivity contribution in [1.29, 1.82) is 0 Å². The van der Waals surface area contributed by atoms with Crippen LogP contribution in [-0.2, 0) is 4.79 Å². The Morgan fingerprint density at radius 3 is 0.960 bits per heavy atom. The van der Waals surface area contributed by atoms with Crippen molar-refractivity contribution in [2.24, 2.45) is 0 Å². The molecule has 0 atom stereocenters. The first-order chi connectivity index (χ1) is 10.4. The smallest absolute Gasteiger partial charge is 0.343 e. The van der Waals surface area contributed by atoms with Crippen LogP contribution in [0.1, 0.15) is 0 Å². The fourth-order valence-corrected chi connectivity index (χ4v) is 5.30. The van der Waals surface area contributed by atoms with Gasteiger partial charge in [0.25, 0.3) is 0 Å². The maximum Gasteiger partial charge on any atom is 0.343 e.